The highest BCUT2D eigenvalue weighted by Gasteiger charge is 2.20. The topological polar surface area (TPSA) is 59.0 Å². The van der Waals surface area contributed by atoms with E-state index in [2.05, 4.69) is 20.2 Å². The van der Waals surface area contributed by atoms with Gasteiger partial charge in [0.2, 0.25) is 5.91 Å². The molecule has 1 aliphatic heterocycles. The second-order valence-corrected chi connectivity index (χ2v) is 4.45. The van der Waals surface area contributed by atoms with Crippen LogP contribution in [0.3, 0.4) is 0 Å². The van der Waals surface area contributed by atoms with Crippen molar-refractivity contribution in [1.29, 1.82) is 0 Å². The predicted molar refractivity (Wildman–Crippen MR) is 65.5 cm³/mol. The highest BCUT2D eigenvalue weighted by Crippen LogP contribution is 2.04. The summed E-state index contributed by atoms with van der Waals surface area (Å²) in [5.41, 5.74) is 0. The van der Waals surface area contributed by atoms with Gasteiger partial charge in [0.05, 0.1) is 12.4 Å². The first-order chi connectivity index (χ1) is 8.36. The second kappa shape index (κ2) is 6.39. The molecule has 0 bridgehead atoms. The number of aromatic nitrogens is 2. The molecule has 2 N–H and O–H groups in total. The number of amides is 1. The van der Waals surface area contributed by atoms with E-state index < -0.39 is 0 Å². The zero-order chi connectivity index (χ0) is 11.9. The molecule has 1 saturated heterocycles. The van der Waals surface area contributed by atoms with Crippen molar-refractivity contribution < 1.29 is 4.79 Å². The number of carbonyl (C=O) groups excluding carboxylic acids is 1. The van der Waals surface area contributed by atoms with Crippen LogP contribution >= 0.6 is 0 Å². The first-order valence-electron chi connectivity index (χ1n) is 6.33. The minimum absolute atomic E-state index is 0.0450. The first kappa shape index (κ1) is 12.1. The Kier molecular flexibility index (Phi) is 4.55. The van der Waals surface area contributed by atoms with Crippen LogP contribution in [-0.4, -0.2) is 34.6 Å². The fourth-order valence-electron chi connectivity index (χ4n) is 2.08. The Morgan fingerprint density at radius 3 is 3.18 bits per heavy atom. The Morgan fingerprint density at radius 1 is 1.53 bits per heavy atom. The normalized spacial score (nSPS) is 19.4. The highest BCUT2D eigenvalue weighted by molar-refractivity contribution is 5.81. The molecule has 5 nitrogen and oxygen atoms in total. The number of aryl methyl sites for hydroxylation is 1. The van der Waals surface area contributed by atoms with Crippen molar-refractivity contribution in [2.75, 3.05) is 13.1 Å². The largest absolute Gasteiger partial charge is 0.355 e. The van der Waals surface area contributed by atoms with Crippen molar-refractivity contribution in [3.8, 4) is 0 Å². The van der Waals surface area contributed by atoms with Gasteiger partial charge in [-0.25, -0.2) is 4.98 Å². The van der Waals surface area contributed by atoms with E-state index >= 15 is 0 Å². The molecule has 0 aliphatic carbocycles. The molecular formula is C12H20N4O. The van der Waals surface area contributed by atoms with E-state index in [9.17, 15) is 4.79 Å². The van der Waals surface area contributed by atoms with Crippen LogP contribution in [0.1, 0.15) is 25.7 Å². The summed E-state index contributed by atoms with van der Waals surface area (Å²) in [5, 5.41) is 6.17. The third-order valence-electron chi connectivity index (χ3n) is 3.08. The summed E-state index contributed by atoms with van der Waals surface area (Å²) in [6, 6.07) is 0.0450. The molecule has 2 heterocycles. The summed E-state index contributed by atoms with van der Waals surface area (Å²) in [6.07, 6.45) is 9.72. The summed E-state index contributed by atoms with van der Waals surface area (Å²) in [5.74, 6) is 0.158. The van der Waals surface area contributed by atoms with Gasteiger partial charge in [-0.15, -0.1) is 0 Å². The Labute approximate surface area is 102 Å². The summed E-state index contributed by atoms with van der Waals surface area (Å²) in [6.45, 7) is 2.71. The average molecular weight is 236 g/mol. The summed E-state index contributed by atoms with van der Waals surface area (Å²) >= 11 is 0. The molecule has 0 aromatic carbocycles. The maximum atomic E-state index is 11.6. The van der Waals surface area contributed by atoms with Crippen molar-refractivity contribution in [2.24, 2.45) is 0 Å². The maximum Gasteiger partial charge on any atom is 0.237 e. The molecule has 17 heavy (non-hydrogen) atoms. The van der Waals surface area contributed by atoms with E-state index in [1.54, 1.807) is 6.20 Å². The molecule has 94 valence electrons. The Hall–Kier alpha value is -1.36. The van der Waals surface area contributed by atoms with Gasteiger partial charge in [-0.05, 0) is 32.2 Å². The summed E-state index contributed by atoms with van der Waals surface area (Å²) < 4.78 is 2.06. The van der Waals surface area contributed by atoms with E-state index in [-0.39, 0.29) is 11.9 Å². The van der Waals surface area contributed by atoms with Gasteiger partial charge in [0, 0.05) is 25.5 Å². The van der Waals surface area contributed by atoms with Gasteiger partial charge in [0.1, 0.15) is 0 Å². The SMILES string of the molecule is O=C(NCCCCn1ccnc1)C1CCCN1. The number of rotatable bonds is 6. The standard InChI is InChI=1S/C12H20N4O/c17-12(11-4-3-6-14-11)15-5-1-2-8-16-9-7-13-10-16/h7,9-11,14H,1-6,8H2,(H,15,17). The van der Waals surface area contributed by atoms with Gasteiger partial charge in [-0.3, -0.25) is 4.79 Å². The van der Waals surface area contributed by atoms with Gasteiger partial charge in [0.25, 0.3) is 0 Å². The Morgan fingerprint density at radius 2 is 2.47 bits per heavy atom. The molecule has 1 atom stereocenters. The van der Waals surface area contributed by atoms with Crippen LogP contribution in [0.25, 0.3) is 0 Å². The molecule has 1 fully saturated rings. The minimum atomic E-state index is 0.0450. The van der Waals surface area contributed by atoms with Crippen LogP contribution in [0.15, 0.2) is 18.7 Å². The zero-order valence-electron chi connectivity index (χ0n) is 10.1. The number of unbranched alkanes of at least 4 members (excludes halogenated alkanes) is 1. The third-order valence-corrected chi connectivity index (χ3v) is 3.08. The van der Waals surface area contributed by atoms with Gasteiger partial charge >= 0.3 is 0 Å². The minimum Gasteiger partial charge on any atom is -0.355 e. The number of nitrogens with zero attached hydrogens (tertiary/aromatic N) is 2. The van der Waals surface area contributed by atoms with Crippen LogP contribution in [0.5, 0.6) is 0 Å². The van der Waals surface area contributed by atoms with Crippen molar-refractivity contribution in [3.63, 3.8) is 0 Å². The molecule has 0 saturated carbocycles. The van der Waals surface area contributed by atoms with Gasteiger partial charge in [-0.1, -0.05) is 0 Å². The average Bonchev–Trinajstić information content (AvgIpc) is 3.01. The molecule has 5 heteroatoms. The summed E-state index contributed by atoms with van der Waals surface area (Å²) in [7, 11) is 0. The molecular weight excluding hydrogens is 216 g/mol. The Bertz CT molecular complexity index is 330. The number of carbonyl (C=O) groups is 1. The van der Waals surface area contributed by atoms with E-state index in [4.69, 9.17) is 0 Å². The monoisotopic (exact) mass is 236 g/mol. The van der Waals surface area contributed by atoms with Crippen LogP contribution < -0.4 is 10.6 Å². The lowest BCUT2D eigenvalue weighted by Crippen LogP contribution is -2.40. The predicted octanol–water partition coefficient (Wildman–Crippen LogP) is 0.531. The van der Waals surface area contributed by atoms with E-state index in [0.717, 1.165) is 45.3 Å². The second-order valence-electron chi connectivity index (χ2n) is 4.45. The molecule has 1 amide bonds. The molecule has 1 aromatic rings. The third kappa shape index (κ3) is 3.85. The van der Waals surface area contributed by atoms with Crippen molar-refractivity contribution in [1.82, 2.24) is 20.2 Å². The lowest BCUT2D eigenvalue weighted by Gasteiger charge is -2.10. The van der Waals surface area contributed by atoms with Crippen molar-refractivity contribution in [3.05, 3.63) is 18.7 Å². The van der Waals surface area contributed by atoms with Crippen molar-refractivity contribution >= 4 is 5.91 Å². The molecule has 0 spiro atoms. The molecule has 1 aliphatic rings. The number of imidazole rings is 1. The number of nitrogens with one attached hydrogen (secondary N) is 2. The molecule has 1 unspecified atom stereocenters. The lowest BCUT2D eigenvalue weighted by molar-refractivity contribution is -0.122. The fourth-order valence-corrected chi connectivity index (χ4v) is 2.08. The van der Waals surface area contributed by atoms with Crippen LogP contribution in [-0.2, 0) is 11.3 Å². The quantitative estimate of drug-likeness (QED) is 0.708. The van der Waals surface area contributed by atoms with Gasteiger partial charge in [0.15, 0.2) is 0 Å². The smallest absolute Gasteiger partial charge is 0.237 e. The van der Waals surface area contributed by atoms with Gasteiger partial charge < -0.3 is 15.2 Å². The molecule has 0 radical (unpaired) electrons. The first-order valence-corrected chi connectivity index (χ1v) is 6.33. The van der Waals surface area contributed by atoms with E-state index in [1.807, 2.05) is 12.5 Å². The number of hydrogen-bond acceptors (Lipinski definition) is 3. The Balaban J connectivity index is 1.52. The van der Waals surface area contributed by atoms with E-state index in [1.165, 1.54) is 0 Å². The van der Waals surface area contributed by atoms with E-state index in [0.29, 0.717) is 0 Å². The van der Waals surface area contributed by atoms with Gasteiger partial charge in [-0.2, -0.15) is 0 Å². The zero-order valence-corrected chi connectivity index (χ0v) is 10.1. The van der Waals surface area contributed by atoms with Crippen LogP contribution in [0, 0.1) is 0 Å². The maximum absolute atomic E-state index is 11.6. The van der Waals surface area contributed by atoms with Crippen molar-refractivity contribution in [2.45, 2.75) is 38.3 Å². The number of hydrogen-bond donors (Lipinski definition) is 2. The summed E-state index contributed by atoms with van der Waals surface area (Å²) in [4.78, 5) is 15.6. The lowest BCUT2D eigenvalue weighted by atomic mass is 10.2. The van der Waals surface area contributed by atoms with Crippen LogP contribution in [0.4, 0.5) is 0 Å². The fraction of sp³-hybridized carbons (Fsp3) is 0.667. The molecule has 2 rings (SSSR count). The highest BCUT2D eigenvalue weighted by atomic mass is 16.2. The van der Waals surface area contributed by atoms with Crippen LogP contribution in [0.2, 0.25) is 0 Å². The molecule has 1 aromatic heterocycles.